The Labute approximate surface area is 130 Å². The maximum atomic E-state index is 9.84. The average Bonchev–Trinajstić information content (AvgIpc) is 2.85. The van der Waals surface area contributed by atoms with Crippen LogP contribution in [0, 0.1) is 5.41 Å². The zero-order valence-corrected chi connectivity index (χ0v) is 13.7. The van der Waals surface area contributed by atoms with Gasteiger partial charge < -0.3 is 9.84 Å². The second-order valence-corrected chi connectivity index (χ2v) is 7.57. The molecule has 0 saturated carbocycles. The van der Waals surface area contributed by atoms with Crippen molar-refractivity contribution >= 4 is 22.9 Å². The van der Waals surface area contributed by atoms with Crippen molar-refractivity contribution in [2.24, 2.45) is 5.41 Å². The summed E-state index contributed by atoms with van der Waals surface area (Å²) in [6.45, 7) is 4.09. The summed E-state index contributed by atoms with van der Waals surface area (Å²) >= 11 is 7.64. The third kappa shape index (κ3) is 4.43. The molecule has 3 nitrogen and oxygen atoms in total. The van der Waals surface area contributed by atoms with Crippen LogP contribution >= 0.6 is 22.9 Å². The smallest absolute Gasteiger partial charge is 0.0931 e. The largest absolute Gasteiger partial charge is 0.396 e. The number of rotatable bonds is 7. The van der Waals surface area contributed by atoms with E-state index in [2.05, 4.69) is 11.0 Å². The molecule has 1 aromatic heterocycles. The quantitative estimate of drug-likeness (QED) is 0.782. The minimum atomic E-state index is 0.0534. The predicted octanol–water partition coefficient (Wildman–Crippen LogP) is 3.40. The molecule has 1 saturated heterocycles. The van der Waals surface area contributed by atoms with Gasteiger partial charge in [0.05, 0.1) is 4.34 Å². The first-order valence-corrected chi connectivity index (χ1v) is 8.43. The van der Waals surface area contributed by atoms with Crippen LogP contribution in [0.3, 0.4) is 0 Å². The Morgan fingerprint density at radius 2 is 2.35 bits per heavy atom. The topological polar surface area (TPSA) is 32.7 Å². The van der Waals surface area contributed by atoms with Gasteiger partial charge >= 0.3 is 0 Å². The van der Waals surface area contributed by atoms with Gasteiger partial charge in [0, 0.05) is 43.7 Å². The van der Waals surface area contributed by atoms with Crippen LogP contribution in [-0.2, 0) is 11.3 Å². The molecule has 20 heavy (non-hydrogen) atoms. The van der Waals surface area contributed by atoms with E-state index >= 15 is 0 Å². The van der Waals surface area contributed by atoms with Gasteiger partial charge in [0.1, 0.15) is 0 Å². The molecule has 1 aliphatic heterocycles. The molecule has 1 aromatic rings. The van der Waals surface area contributed by atoms with Gasteiger partial charge in [-0.15, -0.1) is 11.3 Å². The lowest BCUT2D eigenvalue weighted by Gasteiger charge is -2.42. The van der Waals surface area contributed by atoms with Crippen LogP contribution in [0.1, 0.15) is 30.6 Å². The van der Waals surface area contributed by atoms with E-state index in [1.807, 2.05) is 6.07 Å². The number of hydrogen-bond donors (Lipinski definition) is 1. The van der Waals surface area contributed by atoms with E-state index in [-0.39, 0.29) is 12.0 Å². The van der Waals surface area contributed by atoms with Gasteiger partial charge in [-0.2, -0.15) is 0 Å². The van der Waals surface area contributed by atoms with Crippen LogP contribution in [0.5, 0.6) is 0 Å². The Hall–Kier alpha value is -0.130. The van der Waals surface area contributed by atoms with Gasteiger partial charge in [-0.1, -0.05) is 11.6 Å². The number of piperidine rings is 1. The molecule has 0 aromatic carbocycles. The second kappa shape index (κ2) is 7.76. The van der Waals surface area contributed by atoms with Crippen molar-refractivity contribution in [3.05, 3.63) is 21.3 Å². The van der Waals surface area contributed by atoms with E-state index in [1.165, 1.54) is 4.88 Å². The van der Waals surface area contributed by atoms with Gasteiger partial charge in [0.15, 0.2) is 0 Å². The minimum absolute atomic E-state index is 0.0534. The SMILES string of the molecule is COCCC[C@@]1(CO)CCCN(Cc2ccc(Cl)s2)C1. The molecule has 5 heteroatoms. The Morgan fingerprint density at radius 3 is 3.00 bits per heavy atom. The number of nitrogens with zero attached hydrogens (tertiary/aromatic N) is 1. The van der Waals surface area contributed by atoms with Gasteiger partial charge in [-0.3, -0.25) is 4.90 Å². The summed E-state index contributed by atoms with van der Waals surface area (Å²) in [6.07, 6.45) is 4.34. The number of halogens is 1. The molecule has 2 heterocycles. The highest BCUT2D eigenvalue weighted by Gasteiger charge is 2.34. The first kappa shape index (κ1) is 16.2. The number of hydrogen-bond acceptors (Lipinski definition) is 4. The number of aliphatic hydroxyl groups excluding tert-OH is 1. The Morgan fingerprint density at radius 1 is 1.50 bits per heavy atom. The molecule has 2 rings (SSSR count). The highest BCUT2D eigenvalue weighted by molar-refractivity contribution is 7.16. The fraction of sp³-hybridized carbons (Fsp3) is 0.733. The highest BCUT2D eigenvalue weighted by atomic mass is 35.5. The molecule has 0 bridgehead atoms. The van der Waals surface area contributed by atoms with Crippen molar-refractivity contribution in [1.82, 2.24) is 4.90 Å². The lowest BCUT2D eigenvalue weighted by atomic mass is 9.77. The summed E-state index contributed by atoms with van der Waals surface area (Å²) in [5.41, 5.74) is 0.0534. The first-order valence-electron chi connectivity index (χ1n) is 7.24. The minimum Gasteiger partial charge on any atom is -0.396 e. The Bertz CT molecular complexity index is 412. The van der Waals surface area contributed by atoms with Crippen molar-refractivity contribution in [1.29, 1.82) is 0 Å². The van der Waals surface area contributed by atoms with Crippen molar-refractivity contribution < 1.29 is 9.84 Å². The summed E-state index contributed by atoms with van der Waals surface area (Å²) < 4.78 is 5.99. The molecule has 0 unspecified atom stereocenters. The predicted molar refractivity (Wildman–Crippen MR) is 84.5 cm³/mol. The fourth-order valence-electron chi connectivity index (χ4n) is 3.11. The number of likely N-dealkylation sites (tertiary alicyclic amines) is 1. The normalized spacial score (nSPS) is 24.1. The Balaban J connectivity index is 1.91. The van der Waals surface area contributed by atoms with E-state index in [4.69, 9.17) is 16.3 Å². The van der Waals surface area contributed by atoms with Gasteiger partial charge in [0.25, 0.3) is 0 Å². The van der Waals surface area contributed by atoms with Crippen LogP contribution in [-0.4, -0.2) is 43.4 Å². The highest BCUT2D eigenvalue weighted by Crippen LogP contribution is 2.35. The Kier molecular flexibility index (Phi) is 6.30. The molecule has 1 aliphatic rings. The molecular formula is C15H24ClNO2S. The van der Waals surface area contributed by atoms with E-state index in [1.54, 1.807) is 18.4 Å². The third-order valence-corrected chi connectivity index (χ3v) is 5.36. The van der Waals surface area contributed by atoms with E-state index in [0.717, 1.165) is 56.3 Å². The van der Waals surface area contributed by atoms with Gasteiger partial charge in [-0.25, -0.2) is 0 Å². The molecule has 1 atom stereocenters. The van der Waals surface area contributed by atoms with Crippen LogP contribution in [0.25, 0.3) is 0 Å². The van der Waals surface area contributed by atoms with E-state index in [9.17, 15) is 5.11 Å². The van der Waals surface area contributed by atoms with Crippen molar-refractivity contribution in [2.75, 3.05) is 33.4 Å². The maximum Gasteiger partial charge on any atom is 0.0931 e. The zero-order valence-electron chi connectivity index (χ0n) is 12.1. The molecule has 1 fully saturated rings. The number of methoxy groups -OCH3 is 1. The van der Waals surface area contributed by atoms with Gasteiger partial charge in [-0.05, 0) is 44.4 Å². The summed E-state index contributed by atoms with van der Waals surface area (Å²) in [7, 11) is 1.74. The molecule has 0 spiro atoms. The number of ether oxygens (including phenoxy) is 1. The lowest BCUT2D eigenvalue weighted by molar-refractivity contribution is 0.0162. The fourth-order valence-corrected chi connectivity index (χ4v) is 4.24. The van der Waals surface area contributed by atoms with Crippen LogP contribution in [0.4, 0.5) is 0 Å². The number of thiophene rings is 1. The third-order valence-electron chi connectivity index (χ3n) is 4.14. The van der Waals surface area contributed by atoms with E-state index < -0.39 is 0 Å². The molecule has 0 radical (unpaired) electrons. The first-order chi connectivity index (χ1) is 9.67. The maximum absolute atomic E-state index is 9.84. The van der Waals surface area contributed by atoms with Crippen molar-refractivity contribution in [3.63, 3.8) is 0 Å². The second-order valence-electron chi connectivity index (χ2n) is 5.77. The molecule has 114 valence electrons. The summed E-state index contributed by atoms with van der Waals surface area (Å²) in [4.78, 5) is 3.76. The van der Waals surface area contributed by atoms with Crippen molar-refractivity contribution in [3.8, 4) is 0 Å². The number of aliphatic hydroxyl groups is 1. The summed E-state index contributed by atoms with van der Waals surface area (Å²) in [6, 6.07) is 4.07. The standard InChI is InChI=1S/C15H24ClNO2S/c1-19-9-3-7-15(12-18)6-2-8-17(11-15)10-13-4-5-14(16)20-13/h4-5,18H,2-3,6-12H2,1H3/t15-/m0/s1. The van der Waals surface area contributed by atoms with Gasteiger partial charge in [0.2, 0.25) is 0 Å². The van der Waals surface area contributed by atoms with Crippen molar-refractivity contribution in [2.45, 2.75) is 32.2 Å². The van der Waals surface area contributed by atoms with Crippen LogP contribution in [0.2, 0.25) is 4.34 Å². The molecule has 1 N–H and O–H groups in total. The van der Waals surface area contributed by atoms with Crippen LogP contribution < -0.4 is 0 Å². The summed E-state index contributed by atoms with van der Waals surface area (Å²) in [5, 5.41) is 9.84. The lowest BCUT2D eigenvalue weighted by Crippen LogP contribution is -2.45. The summed E-state index contributed by atoms with van der Waals surface area (Å²) in [5.74, 6) is 0. The average molecular weight is 318 g/mol. The van der Waals surface area contributed by atoms with Crippen LogP contribution in [0.15, 0.2) is 12.1 Å². The molecule has 0 amide bonds. The monoisotopic (exact) mass is 317 g/mol. The molecule has 0 aliphatic carbocycles. The zero-order chi connectivity index (χ0) is 14.4. The van der Waals surface area contributed by atoms with E-state index in [0.29, 0.717) is 0 Å². The molecular weight excluding hydrogens is 294 g/mol.